The fraction of sp³-hybridized carbons (Fsp3) is 0.556. The molecular weight excluding hydrogens is 168 g/mol. The van der Waals surface area contributed by atoms with E-state index in [1.165, 1.54) is 10.7 Å². The number of nitrogens with zero attached hydrogens (tertiary/aromatic N) is 2. The van der Waals surface area contributed by atoms with Gasteiger partial charge >= 0.3 is 0 Å². The maximum atomic E-state index is 11.2. The minimum Gasteiger partial charge on any atom is -0.390 e. The lowest BCUT2D eigenvalue weighted by atomic mass is 10.3. The van der Waals surface area contributed by atoms with Gasteiger partial charge in [0.15, 0.2) is 0 Å². The Balaban J connectivity index is 2.84. The van der Waals surface area contributed by atoms with Crippen LogP contribution in [0.5, 0.6) is 0 Å². The first kappa shape index (κ1) is 9.92. The summed E-state index contributed by atoms with van der Waals surface area (Å²) in [6, 6.07) is 2.99. The van der Waals surface area contributed by atoms with Crippen LogP contribution in [0.3, 0.4) is 0 Å². The molecule has 72 valence electrons. The second kappa shape index (κ2) is 4.77. The molecule has 1 heterocycles. The minimum absolute atomic E-state index is 0.106. The van der Waals surface area contributed by atoms with Crippen molar-refractivity contribution in [3.05, 3.63) is 28.2 Å². The number of rotatable bonds is 4. The van der Waals surface area contributed by atoms with Crippen LogP contribution in [0.25, 0.3) is 0 Å². The third-order valence-electron chi connectivity index (χ3n) is 1.81. The first-order chi connectivity index (χ1) is 6.27. The number of hydrogen-bond acceptors (Lipinski definition) is 3. The van der Waals surface area contributed by atoms with E-state index in [1.54, 1.807) is 6.07 Å². The monoisotopic (exact) mass is 182 g/mol. The summed E-state index contributed by atoms with van der Waals surface area (Å²) in [5, 5.41) is 12.8. The van der Waals surface area contributed by atoms with Crippen molar-refractivity contribution >= 4 is 0 Å². The van der Waals surface area contributed by atoms with Gasteiger partial charge in [0.1, 0.15) is 0 Å². The van der Waals surface area contributed by atoms with Crippen molar-refractivity contribution in [3.8, 4) is 0 Å². The van der Waals surface area contributed by atoms with Crippen LogP contribution < -0.4 is 5.56 Å². The molecule has 0 saturated heterocycles. The highest BCUT2D eigenvalue weighted by Gasteiger charge is 1.98. The molecule has 0 radical (unpaired) electrons. The highest BCUT2D eigenvalue weighted by atomic mass is 16.3. The van der Waals surface area contributed by atoms with Crippen LogP contribution in [0.2, 0.25) is 0 Å². The van der Waals surface area contributed by atoms with E-state index in [0.29, 0.717) is 12.2 Å². The van der Waals surface area contributed by atoms with Gasteiger partial charge in [-0.25, -0.2) is 4.68 Å². The van der Waals surface area contributed by atoms with Gasteiger partial charge in [-0.05, 0) is 12.5 Å². The van der Waals surface area contributed by atoms with Crippen LogP contribution in [0.1, 0.15) is 25.5 Å². The first-order valence-electron chi connectivity index (χ1n) is 4.46. The molecule has 1 aromatic heterocycles. The molecule has 0 aromatic carbocycles. The van der Waals surface area contributed by atoms with Crippen molar-refractivity contribution in [1.82, 2.24) is 9.78 Å². The molecule has 1 N–H and O–H groups in total. The Kier molecular flexibility index (Phi) is 3.64. The molecule has 4 heteroatoms. The van der Waals surface area contributed by atoms with Gasteiger partial charge < -0.3 is 5.11 Å². The van der Waals surface area contributed by atoms with Gasteiger partial charge in [-0.2, -0.15) is 5.10 Å². The fourth-order valence-electron chi connectivity index (χ4n) is 1.04. The van der Waals surface area contributed by atoms with Crippen LogP contribution in [0.15, 0.2) is 16.9 Å². The molecule has 0 aliphatic heterocycles. The highest BCUT2D eigenvalue weighted by molar-refractivity contribution is 4.98. The van der Waals surface area contributed by atoms with Crippen molar-refractivity contribution < 1.29 is 5.11 Å². The van der Waals surface area contributed by atoms with Crippen molar-refractivity contribution in [1.29, 1.82) is 0 Å². The van der Waals surface area contributed by atoms with Gasteiger partial charge in [0.25, 0.3) is 5.56 Å². The zero-order chi connectivity index (χ0) is 9.68. The Morgan fingerprint density at radius 2 is 2.31 bits per heavy atom. The van der Waals surface area contributed by atoms with Crippen molar-refractivity contribution in [2.45, 2.75) is 32.9 Å². The molecule has 0 unspecified atom stereocenters. The number of aliphatic hydroxyl groups excluding tert-OH is 1. The summed E-state index contributed by atoms with van der Waals surface area (Å²) in [5.74, 6) is 0. The molecule has 0 atom stereocenters. The molecule has 0 fully saturated rings. The topological polar surface area (TPSA) is 55.1 Å². The van der Waals surface area contributed by atoms with E-state index in [4.69, 9.17) is 5.11 Å². The van der Waals surface area contributed by atoms with E-state index in [9.17, 15) is 4.79 Å². The molecule has 1 aromatic rings. The zero-order valence-electron chi connectivity index (χ0n) is 7.73. The molecule has 0 aliphatic carbocycles. The summed E-state index contributed by atoms with van der Waals surface area (Å²) in [4.78, 5) is 11.2. The number of unbranched alkanes of at least 4 members (excludes halogenated alkanes) is 1. The van der Waals surface area contributed by atoms with Gasteiger partial charge in [-0.1, -0.05) is 13.3 Å². The van der Waals surface area contributed by atoms with Gasteiger partial charge in [-0.15, -0.1) is 0 Å². The molecule has 0 amide bonds. The maximum Gasteiger partial charge on any atom is 0.266 e. The SMILES string of the molecule is CCCCn1nc(CO)ccc1=O. The quantitative estimate of drug-likeness (QED) is 0.739. The van der Waals surface area contributed by atoms with E-state index >= 15 is 0 Å². The molecule has 0 aliphatic rings. The molecule has 4 nitrogen and oxygen atoms in total. The lowest BCUT2D eigenvalue weighted by Gasteiger charge is -2.03. The van der Waals surface area contributed by atoms with Gasteiger partial charge in [0.05, 0.1) is 12.3 Å². The summed E-state index contributed by atoms with van der Waals surface area (Å²) in [6.45, 7) is 2.57. The van der Waals surface area contributed by atoms with E-state index in [0.717, 1.165) is 12.8 Å². The average molecular weight is 182 g/mol. The minimum atomic E-state index is -0.119. The Hall–Kier alpha value is -1.16. The summed E-state index contributed by atoms with van der Waals surface area (Å²) in [5.41, 5.74) is 0.432. The van der Waals surface area contributed by atoms with Crippen LogP contribution in [-0.4, -0.2) is 14.9 Å². The predicted octanol–water partition coefficient (Wildman–Crippen LogP) is 0.536. The average Bonchev–Trinajstić information content (AvgIpc) is 2.17. The van der Waals surface area contributed by atoms with E-state index in [1.807, 2.05) is 0 Å². The number of aromatic nitrogens is 2. The van der Waals surface area contributed by atoms with Crippen LogP contribution in [-0.2, 0) is 13.2 Å². The third-order valence-corrected chi connectivity index (χ3v) is 1.81. The smallest absolute Gasteiger partial charge is 0.266 e. The van der Waals surface area contributed by atoms with Crippen molar-refractivity contribution in [2.24, 2.45) is 0 Å². The van der Waals surface area contributed by atoms with Gasteiger partial charge in [0, 0.05) is 12.6 Å². The van der Waals surface area contributed by atoms with Crippen LogP contribution in [0.4, 0.5) is 0 Å². The summed E-state index contributed by atoms with van der Waals surface area (Å²) >= 11 is 0. The Morgan fingerprint density at radius 1 is 1.54 bits per heavy atom. The molecular formula is C9H14N2O2. The summed E-state index contributed by atoms with van der Waals surface area (Å²) < 4.78 is 1.40. The second-order valence-electron chi connectivity index (χ2n) is 2.90. The van der Waals surface area contributed by atoms with Crippen molar-refractivity contribution in [2.75, 3.05) is 0 Å². The van der Waals surface area contributed by atoms with Gasteiger partial charge in [0.2, 0.25) is 0 Å². The Morgan fingerprint density at radius 3 is 2.92 bits per heavy atom. The van der Waals surface area contributed by atoms with Crippen LogP contribution >= 0.6 is 0 Å². The molecule has 0 saturated carbocycles. The summed E-state index contributed by atoms with van der Waals surface area (Å²) in [7, 11) is 0. The number of aliphatic hydroxyl groups is 1. The van der Waals surface area contributed by atoms with Crippen molar-refractivity contribution in [3.63, 3.8) is 0 Å². The summed E-state index contributed by atoms with van der Waals surface area (Å²) in [6.07, 6.45) is 1.96. The predicted molar refractivity (Wildman–Crippen MR) is 49.3 cm³/mol. The second-order valence-corrected chi connectivity index (χ2v) is 2.90. The lowest BCUT2D eigenvalue weighted by Crippen LogP contribution is -2.23. The largest absolute Gasteiger partial charge is 0.390 e. The Bertz CT molecular complexity index is 320. The lowest BCUT2D eigenvalue weighted by molar-refractivity contribution is 0.272. The normalized spacial score (nSPS) is 10.3. The number of aryl methyl sites for hydroxylation is 1. The third kappa shape index (κ3) is 2.66. The van der Waals surface area contributed by atoms with E-state index < -0.39 is 0 Å². The zero-order valence-corrected chi connectivity index (χ0v) is 7.73. The molecule has 0 bridgehead atoms. The van der Waals surface area contributed by atoms with Gasteiger partial charge in [-0.3, -0.25) is 4.79 Å². The number of hydrogen-bond donors (Lipinski definition) is 1. The maximum absolute atomic E-state index is 11.2. The standard InChI is InChI=1S/C9H14N2O2/c1-2-3-6-11-9(13)5-4-8(7-12)10-11/h4-5,12H,2-3,6-7H2,1H3. The Labute approximate surface area is 76.8 Å². The highest BCUT2D eigenvalue weighted by Crippen LogP contribution is 1.92. The fourth-order valence-corrected chi connectivity index (χ4v) is 1.04. The molecule has 1 rings (SSSR count). The first-order valence-corrected chi connectivity index (χ1v) is 4.46. The van der Waals surface area contributed by atoms with Crippen LogP contribution in [0, 0.1) is 0 Å². The van der Waals surface area contributed by atoms with E-state index in [2.05, 4.69) is 12.0 Å². The molecule has 0 spiro atoms. The van der Waals surface area contributed by atoms with E-state index in [-0.39, 0.29) is 12.2 Å². The molecule has 13 heavy (non-hydrogen) atoms.